The Morgan fingerprint density at radius 3 is 2.44 bits per heavy atom. The molecule has 1 unspecified atom stereocenters. The Labute approximate surface area is 193 Å². The third-order valence-electron chi connectivity index (χ3n) is 5.50. The lowest BCUT2D eigenvalue weighted by Gasteiger charge is -2.27. The Balaban J connectivity index is 1.45. The zero-order valence-electron chi connectivity index (χ0n) is 18.2. The molecule has 5 heteroatoms. The molecule has 0 aromatic heterocycles. The molecule has 0 bridgehead atoms. The minimum absolute atomic E-state index is 0.0490. The molecule has 1 aliphatic heterocycles. The smallest absolute Gasteiger partial charge is 0.264 e. The molecule has 1 aliphatic rings. The summed E-state index contributed by atoms with van der Waals surface area (Å²) in [5.41, 5.74) is 3.57. The second kappa shape index (κ2) is 9.88. The van der Waals surface area contributed by atoms with E-state index >= 15 is 0 Å². The van der Waals surface area contributed by atoms with Gasteiger partial charge in [-0.05, 0) is 55.2 Å². The molecular weight excluding hydrogens is 416 g/mol. The van der Waals surface area contributed by atoms with E-state index in [1.54, 1.807) is 18.0 Å². The molecule has 162 valence electrons. The summed E-state index contributed by atoms with van der Waals surface area (Å²) in [6.07, 6.45) is 3.68. The van der Waals surface area contributed by atoms with Crippen LogP contribution in [0.4, 0.5) is 5.69 Å². The lowest BCUT2D eigenvalue weighted by atomic mass is 10.1. The first-order valence-electron chi connectivity index (χ1n) is 10.7. The Kier molecular flexibility index (Phi) is 6.76. The first kappa shape index (κ1) is 21.9. The van der Waals surface area contributed by atoms with Gasteiger partial charge in [0.25, 0.3) is 11.8 Å². The summed E-state index contributed by atoms with van der Waals surface area (Å²) in [5, 5.41) is 3.08. The standard InChI is InChI=1S/C27H26N2O2S/c1-19(13-14-20-9-5-3-6-10-20)28-26(30)22-15-16-24-23(18-22)29(2)27(31)25(32-24)17-21-11-7-4-8-12-21/h3-12,15-19H,13-14H2,1-2H3,(H,28,30)/b25-17+. The van der Waals surface area contributed by atoms with Crippen LogP contribution in [0.2, 0.25) is 0 Å². The van der Waals surface area contributed by atoms with Gasteiger partial charge in [0, 0.05) is 23.5 Å². The van der Waals surface area contributed by atoms with Gasteiger partial charge in [-0.1, -0.05) is 72.4 Å². The van der Waals surface area contributed by atoms with Crippen molar-refractivity contribution in [1.82, 2.24) is 5.32 Å². The molecule has 4 nitrogen and oxygen atoms in total. The van der Waals surface area contributed by atoms with Crippen LogP contribution in [0.5, 0.6) is 0 Å². The first-order valence-corrected chi connectivity index (χ1v) is 11.5. The van der Waals surface area contributed by atoms with E-state index in [0.29, 0.717) is 10.5 Å². The van der Waals surface area contributed by atoms with E-state index in [1.807, 2.05) is 73.7 Å². The van der Waals surface area contributed by atoms with Crippen LogP contribution in [0.15, 0.2) is 88.7 Å². The molecular formula is C27H26N2O2S. The SMILES string of the molecule is CC(CCc1ccccc1)NC(=O)c1ccc2c(c1)N(C)C(=O)/C(=C\c1ccccc1)S2. The fourth-order valence-corrected chi connectivity index (χ4v) is 4.74. The molecule has 3 aromatic carbocycles. The number of nitrogens with one attached hydrogen (secondary N) is 1. The second-order valence-electron chi connectivity index (χ2n) is 7.97. The maximum atomic E-state index is 12.9. The van der Waals surface area contributed by atoms with E-state index in [2.05, 4.69) is 17.4 Å². The van der Waals surface area contributed by atoms with Gasteiger partial charge in [-0.2, -0.15) is 0 Å². The minimum Gasteiger partial charge on any atom is -0.350 e. The minimum atomic E-state index is -0.121. The van der Waals surface area contributed by atoms with Gasteiger partial charge in [0.15, 0.2) is 0 Å². The number of amides is 2. The van der Waals surface area contributed by atoms with E-state index in [4.69, 9.17) is 0 Å². The number of carbonyl (C=O) groups is 2. The van der Waals surface area contributed by atoms with Gasteiger partial charge in [-0.15, -0.1) is 0 Å². The topological polar surface area (TPSA) is 49.4 Å². The zero-order chi connectivity index (χ0) is 22.5. The number of likely N-dealkylation sites (N-methyl/N-ethyl adjacent to an activating group) is 1. The first-order chi connectivity index (χ1) is 15.5. The molecule has 0 saturated heterocycles. The number of benzene rings is 3. The van der Waals surface area contributed by atoms with Gasteiger partial charge in [-0.3, -0.25) is 9.59 Å². The highest BCUT2D eigenvalue weighted by atomic mass is 32.2. The van der Waals surface area contributed by atoms with Gasteiger partial charge in [0.05, 0.1) is 10.6 Å². The van der Waals surface area contributed by atoms with Gasteiger partial charge >= 0.3 is 0 Å². The quantitative estimate of drug-likeness (QED) is 0.510. The molecule has 1 heterocycles. The van der Waals surface area contributed by atoms with Crippen molar-refractivity contribution >= 4 is 35.3 Å². The summed E-state index contributed by atoms with van der Waals surface area (Å²) in [7, 11) is 1.75. The summed E-state index contributed by atoms with van der Waals surface area (Å²) < 4.78 is 0. The normalized spacial score (nSPS) is 15.4. The fourth-order valence-electron chi connectivity index (χ4n) is 3.64. The van der Waals surface area contributed by atoms with Crippen LogP contribution < -0.4 is 10.2 Å². The highest BCUT2D eigenvalue weighted by Crippen LogP contribution is 2.42. The van der Waals surface area contributed by atoms with Crippen LogP contribution in [0.25, 0.3) is 6.08 Å². The zero-order valence-corrected chi connectivity index (χ0v) is 19.1. The Morgan fingerprint density at radius 2 is 1.72 bits per heavy atom. The highest BCUT2D eigenvalue weighted by molar-refractivity contribution is 8.04. The van der Waals surface area contributed by atoms with Crippen LogP contribution in [0.1, 0.15) is 34.8 Å². The molecule has 4 rings (SSSR count). The van der Waals surface area contributed by atoms with Crippen molar-refractivity contribution in [3.05, 3.63) is 100 Å². The van der Waals surface area contributed by atoms with E-state index in [-0.39, 0.29) is 17.9 Å². The van der Waals surface area contributed by atoms with Gasteiger partial charge in [0.1, 0.15) is 0 Å². The predicted molar refractivity (Wildman–Crippen MR) is 132 cm³/mol. The van der Waals surface area contributed by atoms with Crippen LogP contribution in [0, 0.1) is 0 Å². The molecule has 1 N–H and O–H groups in total. The average Bonchev–Trinajstić information content (AvgIpc) is 2.82. The number of hydrogen-bond donors (Lipinski definition) is 1. The van der Waals surface area contributed by atoms with E-state index in [1.165, 1.54) is 17.3 Å². The van der Waals surface area contributed by atoms with E-state index in [9.17, 15) is 9.59 Å². The Bertz CT molecular complexity index is 1140. The summed E-state index contributed by atoms with van der Waals surface area (Å²) in [6.45, 7) is 2.02. The highest BCUT2D eigenvalue weighted by Gasteiger charge is 2.27. The van der Waals surface area contributed by atoms with Crippen molar-refractivity contribution in [3.8, 4) is 0 Å². The Morgan fingerprint density at radius 1 is 1.03 bits per heavy atom. The lowest BCUT2D eigenvalue weighted by Crippen LogP contribution is -2.34. The van der Waals surface area contributed by atoms with Crippen molar-refractivity contribution in [2.45, 2.75) is 30.7 Å². The third-order valence-corrected chi connectivity index (χ3v) is 6.58. The van der Waals surface area contributed by atoms with Crippen LogP contribution in [-0.4, -0.2) is 24.9 Å². The largest absolute Gasteiger partial charge is 0.350 e. The number of hydrogen-bond acceptors (Lipinski definition) is 3. The number of anilines is 1. The number of fused-ring (bicyclic) bond motifs is 1. The predicted octanol–water partition coefficient (Wildman–Crippen LogP) is 5.55. The maximum absolute atomic E-state index is 12.9. The van der Waals surface area contributed by atoms with Crippen molar-refractivity contribution in [2.75, 3.05) is 11.9 Å². The molecule has 0 saturated carbocycles. The monoisotopic (exact) mass is 442 g/mol. The van der Waals surface area contributed by atoms with Crippen LogP contribution in [-0.2, 0) is 11.2 Å². The second-order valence-corrected chi connectivity index (χ2v) is 9.05. The summed E-state index contributed by atoms with van der Waals surface area (Å²) in [4.78, 5) is 29.0. The van der Waals surface area contributed by atoms with Gasteiger partial charge in [-0.25, -0.2) is 0 Å². The van der Waals surface area contributed by atoms with E-state index in [0.717, 1.165) is 29.0 Å². The van der Waals surface area contributed by atoms with Gasteiger partial charge in [0.2, 0.25) is 0 Å². The number of rotatable bonds is 6. The molecule has 0 aliphatic carbocycles. The van der Waals surface area contributed by atoms with Crippen molar-refractivity contribution in [3.63, 3.8) is 0 Å². The summed E-state index contributed by atoms with van der Waals surface area (Å²) >= 11 is 1.44. The number of aryl methyl sites for hydroxylation is 1. The molecule has 3 aromatic rings. The molecule has 2 amide bonds. The number of nitrogens with zero attached hydrogens (tertiary/aromatic N) is 1. The van der Waals surface area contributed by atoms with Crippen molar-refractivity contribution in [2.24, 2.45) is 0 Å². The average molecular weight is 443 g/mol. The Hall–Kier alpha value is -3.31. The molecule has 0 spiro atoms. The summed E-state index contributed by atoms with van der Waals surface area (Å²) in [5.74, 6) is -0.190. The molecule has 0 radical (unpaired) electrons. The van der Waals surface area contributed by atoms with Gasteiger partial charge < -0.3 is 10.2 Å². The lowest BCUT2D eigenvalue weighted by molar-refractivity contribution is -0.114. The molecule has 32 heavy (non-hydrogen) atoms. The number of carbonyl (C=O) groups excluding carboxylic acids is 2. The summed E-state index contributed by atoms with van der Waals surface area (Å²) in [6, 6.07) is 25.7. The molecule has 0 fully saturated rings. The maximum Gasteiger partial charge on any atom is 0.264 e. The van der Waals surface area contributed by atoms with E-state index < -0.39 is 0 Å². The van der Waals surface area contributed by atoms with Crippen LogP contribution in [0.3, 0.4) is 0 Å². The van der Waals surface area contributed by atoms with Crippen molar-refractivity contribution < 1.29 is 9.59 Å². The number of thioether (sulfide) groups is 1. The molecule has 1 atom stereocenters. The van der Waals surface area contributed by atoms with Crippen LogP contribution >= 0.6 is 11.8 Å². The fraction of sp³-hybridized carbons (Fsp3) is 0.185. The van der Waals surface area contributed by atoms with Crippen molar-refractivity contribution in [1.29, 1.82) is 0 Å². The third kappa shape index (κ3) is 5.11.